The topological polar surface area (TPSA) is 38.7 Å². The minimum absolute atomic E-state index is 0.293. The van der Waals surface area contributed by atoms with Gasteiger partial charge in [-0.3, -0.25) is 4.99 Å². The van der Waals surface area contributed by atoms with Crippen molar-refractivity contribution in [2.45, 2.75) is 26.3 Å². The molecule has 0 aliphatic heterocycles. The largest absolute Gasteiger partial charge is 0.467 e. The predicted octanol–water partition coefficient (Wildman–Crippen LogP) is 2.83. The first kappa shape index (κ1) is 14.4. The molecule has 0 unspecified atom stereocenters. The molecule has 0 radical (unpaired) electrons. The molecule has 0 saturated heterocycles. The first-order chi connectivity index (χ1) is 8.52. The standard InChI is InChI=1S/C14H18FNO2/c1-10(2)8-13(14(17)18-3)16-9-11-4-6-12(15)7-5-11/h4-7,9-10,13H,8H2,1-3H3/t13-/m0/s1. The number of nitrogens with zero attached hydrogens (tertiary/aromatic N) is 1. The van der Waals surface area contributed by atoms with Crippen LogP contribution in [0.3, 0.4) is 0 Å². The van der Waals surface area contributed by atoms with E-state index in [0.717, 1.165) is 5.56 Å². The summed E-state index contributed by atoms with van der Waals surface area (Å²) >= 11 is 0. The van der Waals surface area contributed by atoms with E-state index in [9.17, 15) is 9.18 Å². The summed E-state index contributed by atoms with van der Waals surface area (Å²) in [6.45, 7) is 4.03. The number of ether oxygens (including phenoxy) is 1. The number of hydrogen-bond donors (Lipinski definition) is 0. The van der Waals surface area contributed by atoms with Gasteiger partial charge in [-0.2, -0.15) is 0 Å². The number of carbonyl (C=O) groups excluding carboxylic acids is 1. The van der Waals surface area contributed by atoms with Gasteiger partial charge in [-0.05, 0) is 30.0 Å². The zero-order valence-corrected chi connectivity index (χ0v) is 10.9. The van der Waals surface area contributed by atoms with E-state index in [1.165, 1.54) is 19.2 Å². The first-order valence-electron chi connectivity index (χ1n) is 5.89. The highest BCUT2D eigenvalue weighted by molar-refractivity contribution is 5.83. The Kier molecular flexibility index (Phi) is 5.49. The molecule has 98 valence electrons. The highest BCUT2D eigenvalue weighted by atomic mass is 19.1. The molecule has 0 aliphatic rings. The van der Waals surface area contributed by atoms with Crippen LogP contribution in [0.1, 0.15) is 25.8 Å². The van der Waals surface area contributed by atoms with E-state index in [0.29, 0.717) is 12.3 Å². The van der Waals surface area contributed by atoms with Crippen molar-refractivity contribution in [3.63, 3.8) is 0 Å². The van der Waals surface area contributed by atoms with E-state index in [1.54, 1.807) is 18.3 Å². The maximum Gasteiger partial charge on any atom is 0.330 e. The van der Waals surface area contributed by atoms with Gasteiger partial charge in [-0.25, -0.2) is 9.18 Å². The quantitative estimate of drug-likeness (QED) is 0.596. The number of esters is 1. The van der Waals surface area contributed by atoms with Gasteiger partial charge in [0.1, 0.15) is 11.9 Å². The Morgan fingerprint density at radius 1 is 1.39 bits per heavy atom. The van der Waals surface area contributed by atoms with Gasteiger partial charge in [-0.15, -0.1) is 0 Å². The van der Waals surface area contributed by atoms with Crippen LogP contribution in [-0.4, -0.2) is 25.3 Å². The lowest BCUT2D eigenvalue weighted by Gasteiger charge is -2.12. The van der Waals surface area contributed by atoms with Gasteiger partial charge in [0.15, 0.2) is 0 Å². The fourth-order valence-corrected chi connectivity index (χ4v) is 1.53. The molecule has 0 aliphatic carbocycles. The molecule has 18 heavy (non-hydrogen) atoms. The summed E-state index contributed by atoms with van der Waals surface area (Å²) in [6.07, 6.45) is 2.20. The number of rotatable bonds is 5. The van der Waals surface area contributed by atoms with Gasteiger partial charge in [0.2, 0.25) is 0 Å². The van der Waals surface area contributed by atoms with Gasteiger partial charge in [0.05, 0.1) is 7.11 Å². The number of carbonyl (C=O) groups is 1. The molecule has 1 rings (SSSR count). The van der Waals surface area contributed by atoms with Gasteiger partial charge < -0.3 is 4.74 Å². The zero-order chi connectivity index (χ0) is 13.5. The lowest BCUT2D eigenvalue weighted by molar-refractivity contribution is -0.142. The molecule has 0 aromatic heterocycles. The second-order valence-corrected chi connectivity index (χ2v) is 4.50. The van der Waals surface area contributed by atoms with Crippen molar-refractivity contribution < 1.29 is 13.9 Å². The van der Waals surface area contributed by atoms with Crippen LogP contribution in [0.2, 0.25) is 0 Å². The SMILES string of the molecule is COC(=O)[C@H](CC(C)C)N=Cc1ccc(F)cc1. The molecule has 0 bridgehead atoms. The fraction of sp³-hybridized carbons (Fsp3) is 0.429. The van der Waals surface area contributed by atoms with E-state index in [4.69, 9.17) is 4.74 Å². The Hall–Kier alpha value is -1.71. The molecule has 0 spiro atoms. The van der Waals surface area contributed by atoms with Crippen LogP contribution in [-0.2, 0) is 9.53 Å². The summed E-state index contributed by atoms with van der Waals surface area (Å²) in [4.78, 5) is 15.7. The first-order valence-corrected chi connectivity index (χ1v) is 5.89. The summed E-state index contributed by atoms with van der Waals surface area (Å²) in [6, 6.07) is 5.44. The van der Waals surface area contributed by atoms with Crippen LogP contribution in [0, 0.1) is 11.7 Å². The van der Waals surface area contributed by atoms with Crippen LogP contribution in [0.25, 0.3) is 0 Å². The van der Waals surface area contributed by atoms with Crippen molar-refractivity contribution in [1.29, 1.82) is 0 Å². The van der Waals surface area contributed by atoms with E-state index < -0.39 is 6.04 Å². The number of benzene rings is 1. The van der Waals surface area contributed by atoms with Crippen molar-refractivity contribution in [1.82, 2.24) is 0 Å². The van der Waals surface area contributed by atoms with Crippen molar-refractivity contribution in [2.24, 2.45) is 10.9 Å². The van der Waals surface area contributed by atoms with E-state index in [2.05, 4.69) is 4.99 Å². The molecular weight excluding hydrogens is 233 g/mol. The van der Waals surface area contributed by atoms with Crippen LogP contribution in [0.4, 0.5) is 4.39 Å². The van der Waals surface area contributed by atoms with Gasteiger partial charge in [0, 0.05) is 6.21 Å². The van der Waals surface area contributed by atoms with Gasteiger partial charge in [-0.1, -0.05) is 26.0 Å². The van der Waals surface area contributed by atoms with Crippen molar-refractivity contribution in [3.8, 4) is 0 Å². The highest BCUT2D eigenvalue weighted by Gasteiger charge is 2.18. The third kappa shape index (κ3) is 4.65. The number of halogens is 1. The zero-order valence-electron chi connectivity index (χ0n) is 10.9. The third-order valence-corrected chi connectivity index (χ3v) is 2.44. The monoisotopic (exact) mass is 251 g/mol. The highest BCUT2D eigenvalue weighted by Crippen LogP contribution is 2.10. The lowest BCUT2D eigenvalue weighted by atomic mass is 10.0. The average molecular weight is 251 g/mol. The smallest absolute Gasteiger partial charge is 0.330 e. The average Bonchev–Trinajstić information content (AvgIpc) is 2.35. The normalized spacial score (nSPS) is 12.9. The Morgan fingerprint density at radius 3 is 2.50 bits per heavy atom. The minimum atomic E-state index is -0.500. The summed E-state index contributed by atoms with van der Waals surface area (Å²) in [5.74, 6) is -0.291. The molecule has 0 amide bonds. The minimum Gasteiger partial charge on any atom is -0.467 e. The van der Waals surface area contributed by atoms with Crippen molar-refractivity contribution in [3.05, 3.63) is 35.6 Å². The summed E-state index contributed by atoms with van der Waals surface area (Å²) in [7, 11) is 1.35. The van der Waals surface area contributed by atoms with Crippen LogP contribution in [0.5, 0.6) is 0 Å². The molecule has 4 heteroatoms. The summed E-state index contributed by atoms with van der Waals surface area (Å²) in [5, 5.41) is 0. The Balaban J connectivity index is 2.75. The van der Waals surface area contributed by atoms with E-state index in [-0.39, 0.29) is 11.8 Å². The van der Waals surface area contributed by atoms with Gasteiger partial charge >= 0.3 is 5.97 Å². The molecule has 0 heterocycles. The molecule has 0 saturated carbocycles. The summed E-state index contributed by atoms with van der Waals surface area (Å²) in [5.41, 5.74) is 0.758. The maximum atomic E-state index is 12.7. The summed E-state index contributed by atoms with van der Waals surface area (Å²) < 4.78 is 17.4. The van der Waals surface area contributed by atoms with E-state index in [1.807, 2.05) is 13.8 Å². The van der Waals surface area contributed by atoms with Crippen molar-refractivity contribution >= 4 is 12.2 Å². The Labute approximate surface area is 107 Å². The molecule has 0 fully saturated rings. The Bertz CT molecular complexity index is 412. The molecule has 1 aromatic rings. The number of aliphatic imine (C=N–C) groups is 1. The molecule has 3 nitrogen and oxygen atoms in total. The Morgan fingerprint density at radius 2 is 2.00 bits per heavy atom. The molecular formula is C14H18FNO2. The second kappa shape index (κ2) is 6.89. The third-order valence-electron chi connectivity index (χ3n) is 2.44. The lowest BCUT2D eigenvalue weighted by Crippen LogP contribution is -2.22. The molecule has 0 N–H and O–H groups in total. The van der Waals surface area contributed by atoms with Gasteiger partial charge in [0.25, 0.3) is 0 Å². The van der Waals surface area contributed by atoms with Crippen LogP contribution < -0.4 is 0 Å². The predicted molar refractivity (Wildman–Crippen MR) is 69.3 cm³/mol. The number of hydrogen-bond acceptors (Lipinski definition) is 3. The van der Waals surface area contributed by atoms with Crippen LogP contribution in [0.15, 0.2) is 29.3 Å². The second-order valence-electron chi connectivity index (χ2n) is 4.50. The molecule has 1 atom stereocenters. The maximum absolute atomic E-state index is 12.7. The van der Waals surface area contributed by atoms with Crippen LogP contribution >= 0.6 is 0 Å². The van der Waals surface area contributed by atoms with E-state index >= 15 is 0 Å². The molecule has 1 aromatic carbocycles. The number of methoxy groups -OCH3 is 1. The van der Waals surface area contributed by atoms with Crippen molar-refractivity contribution in [2.75, 3.05) is 7.11 Å². The fourth-order valence-electron chi connectivity index (χ4n) is 1.53.